The molecule has 0 aliphatic carbocycles. The molecule has 19 heavy (non-hydrogen) atoms. The van der Waals surface area contributed by atoms with Gasteiger partial charge in [0.15, 0.2) is 0 Å². The maximum absolute atomic E-state index is 11.8. The summed E-state index contributed by atoms with van der Waals surface area (Å²) in [4.78, 5) is 11.8. The van der Waals surface area contributed by atoms with Crippen molar-refractivity contribution in [2.75, 3.05) is 26.1 Å². The van der Waals surface area contributed by atoms with Crippen molar-refractivity contribution in [2.24, 2.45) is 0 Å². The van der Waals surface area contributed by atoms with Gasteiger partial charge in [0.2, 0.25) is 0 Å². The standard InChI is InChI=1S/C14H21NO4/c1-5-11(14(16)19-6-2)15-12-9-10(17-3)7-8-13(12)18-4/h7-9,11,15H,5-6H2,1-4H3. The largest absolute Gasteiger partial charge is 0.497 e. The van der Waals surface area contributed by atoms with Gasteiger partial charge in [0.05, 0.1) is 26.5 Å². The Morgan fingerprint density at radius 1 is 1.26 bits per heavy atom. The highest BCUT2D eigenvalue weighted by Gasteiger charge is 2.19. The van der Waals surface area contributed by atoms with Crippen LogP contribution in [0.5, 0.6) is 11.5 Å². The van der Waals surface area contributed by atoms with Crippen molar-refractivity contribution >= 4 is 11.7 Å². The van der Waals surface area contributed by atoms with Crippen molar-refractivity contribution in [2.45, 2.75) is 26.3 Å². The van der Waals surface area contributed by atoms with Crippen molar-refractivity contribution < 1.29 is 19.0 Å². The van der Waals surface area contributed by atoms with Crippen molar-refractivity contribution in [1.29, 1.82) is 0 Å². The maximum atomic E-state index is 11.8. The average Bonchev–Trinajstić information content (AvgIpc) is 2.44. The minimum absolute atomic E-state index is 0.269. The quantitative estimate of drug-likeness (QED) is 0.769. The van der Waals surface area contributed by atoms with Gasteiger partial charge in [-0.05, 0) is 25.5 Å². The summed E-state index contributed by atoms with van der Waals surface area (Å²) in [6.07, 6.45) is 0.624. The molecule has 5 nitrogen and oxygen atoms in total. The summed E-state index contributed by atoms with van der Waals surface area (Å²) in [7, 11) is 3.17. The molecule has 0 aromatic heterocycles. The van der Waals surface area contributed by atoms with Crippen LogP contribution in [0.2, 0.25) is 0 Å². The average molecular weight is 267 g/mol. The van der Waals surface area contributed by atoms with Gasteiger partial charge in [-0.2, -0.15) is 0 Å². The molecule has 0 spiro atoms. The number of carbonyl (C=O) groups is 1. The predicted molar refractivity (Wildman–Crippen MR) is 73.9 cm³/mol. The van der Waals surface area contributed by atoms with E-state index in [0.717, 1.165) is 0 Å². The highest BCUT2D eigenvalue weighted by Crippen LogP contribution is 2.29. The first-order valence-corrected chi connectivity index (χ1v) is 6.31. The van der Waals surface area contributed by atoms with Crippen LogP contribution in [0, 0.1) is 0 Å². The number of nitrogens with one attached hydrogen (secondary N) is 1. The highest BCUT2D eigenvalue weighted by molar-refractivity contribution is 5.80. The molecule has 0 bridgehead atoms. The van der Waals surface area contributed by atoms with Gasteiger partial charge >= 0.3 is 5.97 Å². The minimum Gasteiger partial charge on any atom is -0.497 e. The first kappa shape index (κ1) is 15.1. The van der Waals surface area contributed by atoms with Gasteiger partial charge in [-0.1, -0.05) is 6.92 Å². The molecule has 5 heteroatoms. The summed E-state index contributed by atoms with van der Waals surface area (Å²) < 4.78 is 15.4. The van der Waals surface area contributed by atoms with Crippen LogP contribution >= 0.6 is 0 Å². The Labute approximate surface area is 113 Å². The van der Waals surface area contributed by atoms with E-state index in [1.807, 2.05) is 6.92 Å². The summed E-state index contributed by atoms with van der Waals surface area (Å²) in [5, 5.41) is 3.13. The third-order valence-corrected chi connectivity index (χ3v) is 2.72. The molecular formula is C14H21NO4. The normalized spacial score (nSPS) is 11.6. The lowest BCUT2D eigenvalue weighted by Crippen LogP contribution is -2.30. The Hall–Kier alpha value is -1.91. The van der Waals surface area contributed by atoms with Gasteiger partial charge in [0.25, 0.3) is 0 Å². The zero-order valence-corrected chi connectivity index (χ0v) is 11.9. The molecule has 0 fully saturated rings. The Balaban J connectivity index is 2.91. The number of hydrogen-bond donors (Lipinski definition) is 1. The molecule has 1 unspecified atom stereocenters. The monoisotopic (exact) mass is 267 g/mol. The molecule has 1 N–H and O–H groups in total. The number of hydrogen-bond acceptors (Lipinski definition) is 5. The SMILES string of the molecule is CCOC(=O)C(CC)Nc1cc(OC)ccc1OC. The molecule has 0 aliphatic heterocycles. The second kappa shape index (κ2) is 7.51. The summed E-state index contributed by atoms with van der Waals surface area (Å²) >= 11 is 0. The van der Waals surface area contributed by atoms with Crippen molar-refractivity contribution in [3.8, 4) is 11.5 Å². The van der Waals surface area contributed by atoms with Gasteiger partial charge in [-0.15, -0.1) is 0 Å². The van der Waals surface area contributed by atoms with E-state index in [9.17, 15) is 4.79 Å². The molecule has 0 aliphatic rings. The van der Waals surface area contributed by atoms with Crippen molar-refractivity contribution in [3.63, 3.8) is 0 Å². The Morgan fingerprint density at radius 3 is 2.53 bits per heavy atom. The Morgan fingerprint density at radius 2 is 2.00 bits per heavy atom. The molecule has 0 radical (unpaired) electrons. The molecule has 0 saturated carbocycles. The van der Waals surface area contributed by atoms with Crippen LogP contribution in [0.1, 0.15) is 20.3 Å². The Kier molecular flexibility index (Phi) is 5.99. The number of benzene rings is 1. The van der Waals surface area contributed by atoms with Crippen LogP contribution in [0.3, 0.4) is 0 Å². The molecule has 106 valence electrons. The molecular weight excluding hydrogens is 246 g/mol. The van der Waals surface area contributed by atoms with Crippen LogP contribution in [0.4, 0.5) is 5.69 Å². The number of rotatable bonds is 7. The second-order valence-corrected chi connectivity index (χ2v) is 3.92. The summed E-state index contributed by atoms with van der Waals surface area (Å²) in [5.74, 6) is 1.08. The number of esters is 1. The van der Waals surface area contributed by atoms with E-state index in [4.69, 9.17) is 14.2 Å². The molecule has 0 amide bonds. The number of anilines is 1. The van der Waals surface area contributed by atoms with Gasteiger partial charge in [-0.25, -0.2) is 4.79 Å². The number of methoxy groups -OCH3 is 2. The van der Waals surface area contributed by atoms with E-state index in [1.54, 1.807) is 39.3 Å². The molecule has 1 aromatic carbocycles. The lowest BCUT2D eigenvalue weighted by Gasteiger charge is -2.19. The van der Waals surface area contributed by atoms with Crippen LogP contribution in [0.15, 0.2) is 18.2 Å². The fourth-order valence-corrected chi connectivity index (χ4v) is 1.69. The molecule has 0 heterocycles. The van der Waals surface area contributed by atoms with Gasteiger partial charge in [-0.3, -0.25) is 0 Å². The molecule has 1 aromatic rings. The smallest absolute Gasteiger partial charge is 0.328 e. The topological polar surface area (TPSA) is 56.8 Å². The first-order chi connectivity index (χ1) is 9.15. The van der Waals surface area contributed by atoms with Gasteiger partial charge in [0, 0.05) is 6.07 Å². The van der Waals surface area contributed by atoms with Crippen molar-refractivity contribution in [1.82, 2.24) is 0 Å². The lowest BCUT2D eigenvalue weighted by molar-refractivity contribution is -0.144. The number of ether oxygens (including phenoxy) is 3. The summed E-state index contributed by atoms with van der Waals surface area (Å²) in [6, 6.07) is 4.98. The fraction of sp³-hybridized carbons (Fsp3) is 0.500. The third-order valence-electron chi connectivity index (χ3n) is 2.72. The summed E-state index contributed by atoms with van der Waals surface area (Å²) in [5.41, 5.74) is 0.710. The van der Waals surface area contributed by atoms with Crippen LogP contribution in [-0.4, -0.2) is 32.8 Å². The van der Waals surface area contributed by atoms with E-state index in [0.29, 0.717) is 30.2 Å². The van der Waals surface area contributed by atoms with E-state index in [-0.39, 0.29) is 5.97 Å². The highest BCUT2D eigenvalue weighted by atomic mass is 16.5. The number of carbonyl (C=O) groups excluding carboxylic acids is 1. The Bertz CT molecular complexity index is 420. The third kappa shape index (κ3) is 4.05. The lowest BCUT2D eigenvalue weighted by atomic mass is 10.2. The van der Waals surface area contributed by atoms with Gasteiger partial charge < -0.3 is 19.5 Å². The van der Waals surface area contributed by atoms with Gasteiger partial charge in [0.1, 0.15) is 17.5 Å². The fourth-order valence-electron chi connectivity index (χ4n) is 1.69. The predicted octanol–water partition coefficient (Wildman–Crippen LogP) is 2.46. The van der Waals surface area contributed by atoms with E-state index in [1.165, 1.54) is 0 Å². The van der Waals surface area contributed by atoms with E-state index in [2.05, 4.69) is 5.32 Å². The van der Waals surface area contributed by atoms with E-state index >= 15 is 0 Å². The van der Waals surface area contributed by atoms with Crippen LogP contribution < -0.4 is 14.8 Å². The zero-order valence-electron chi connectivity index (χ0n) is 11.9. The first-order valence-electron chi connectivity index (χ1n) is 6.31. The van der Waals surface area contributed by atoms with Crippen LogP contribution in [-0.2, 0) is 9.53 Å². The second-order valence-electron chi connectivity index (χ2n) is 3.92. The van der Waals surface area contributed by atoms with Crippen LogP contribution in [0.25, 0.3) is 0 Å². The molecule has 1 rings (SSSR count). The zero-order chi connectivity index (χ0) is 14.3. The van der Waals surface area contributed by atoms with Crippen molar-refractivity contribution in [3.05, 3.63) is 18.2 Å². The molecule has 0 saturated heterocycles. The van der Waals surface area contributed by atoms with E-state index < -0.39 is 6.04 Å². The molecule has 1 atom stereocenters. The summed E-state index contributed by atoms with van der Waals surface area (Å²) in [6.45, 7) is 4.07. The maximum Gasteiger partial charge on any atom is 0.328 e. The minimum atomic E-state index is -0.402.